The number of carbonyl (C=O) groups is 1. The summed E-state index contributed by atoms with van der Waals surface area (Å²) in [5.74, 6) is 0.0797. The topological polar surface area (TPSA) is 32.3 Å². The Kier molecular flexibility index (Phi) is 5.82. The molecule has 1 aromatic carbocycles. The molecule has 0 fully saturated rings. The highest BCUT2D eigenvalue weighted by atomic mass is 16.2. The van der Waals surface area contributed by atoms with Gasteiger partial charge >= 0.3 is 0 Å². The van der Waals surface area contributed by atoms with Gasteiger partial charge < -0.3 is 10.2 Å². The second-order valence-electron chi connectivity index (χ2n) is 6.93. The molecule has 0 aliphatic rings. The molecule has 0 aromatic heterocycles. The Morgan fingerprint density at radius 2 is 1.95 bits per heavy atom. The molecule has 1 atom stereocenters. The maximum absolute atomic E-state index is 12.8. The van der Waals surface area contributed by atoms with Crippen LogP contribution < -0.4 is 5.32 Å². The number of nitrogens with one attached hydrogen (secondary N) is 1. The first kappa shape index (κ1) is 17.5. The zero-order chi connectivity index (χ0) is 16.2. The van der Waals surface area contributed by atoms with E-state index in [9.17, 15) is 4.79 Å². The van der Waals surface area contributed by atoms with Crippen molar-refractivity contribution in [3.63, 3.8) is 0 Å². The zero-order valence-electron chi connectivity index (χ0n) is 14.6. The van der Waals surface area contributed by atoms with Crippen LogP contribution in [0.15, 0.2) is 18.2 Å². The summed E-state index contributed by atoms with van der Waals surface area (Å²) in [6.07, 6.45) is 1.04. The first-order valence-corrected chi connectivity index (χ1v) is 7.80. The number of hydrogen-bond donors (Lipinski definition) is 1. The van der Waals surface area contributed by atoms with Gasteiger partial charge in [0.2, 0.25) is 0 Å². The van der Waals surface area contributed by atoms with E-state index in [2.05, 4.69) is 46.0 Å². The Hall–Kier alpha value is -1.51. The molecular formula is C18H30N2O. The van der Waals surface area contributed by atoms with Crippen LogP contribution in [0, 0.1) is 12.3 Å². The van der Waals surface area contributed by atoms with E-state index < -0.39 is 0 Å². The SMILES string of the molecule is CCCNc1cc(C)ccc1C(=O)N(C)C(C)C(C)(C)C. The first-order chi connectivity index (χ1) is 9.68. The van der Waals surface area contributed by atoms with Crippen LogP contribution in [0.5, 0.6) is 0 Å². The molecule has 1 rings (SSSR count). The predicted molar refractivity (Wildman–Crippen MR) is 91.0 cm³/mol. The second-order valence-corrected chi connectivity index (χ2v) is 6.93. The second kappa shape index (κ2) is 6.97. The van der Waals surface area contributed by atoms with Gasteiger partial charge in [0.1, 0.15) is 0 Å². The van der Waals surface area contributed by atoms with Crippen molar-refractivity contribution < 1.29 is 4.79 Å². The van der Waals surface area contributed by atoms with E-state index in [1.807, 2.05) is 31.0 Å². The van der Waals surface area contributed by atoms with Crippen LogP contribution in [0.25, 0.3) is 0 Å². The molecule has 1 N–H and O–H groups in total. The molecule has 3 heteroatoms. The van der Waals surface area contributed by atoms with Crippen LogP contribution >= 0.6 is 0 Å². The van der Waals surface area contributed by atoms with E-state index >= 15 is 0 Å². The average molecular weight is 290 g/mol. The first-order valence-electron chi connectivity index (χ1n) is 7.80. The van der Waals surface area contributed by atoms with E-state index in [-0.39, 0.29) is 17.4 Å². The van der Waals surface area contributed by atoms with Crippen LogP contribution in [0.1, 0.15) is 57.0 Å². The lowest BCUT2D eigenvalue weighted by molar-refractivity contribution is 0.0630. The van der Waals surface area contributed by atoms with Crippen molar-refractivity contribution in [1.82, 2.24) is 4.90 Å². The molecule has 0 aliphatic carbocycles. The van der Waals surface area contributed by atoms with Gasteiger partial charge in [-0.2, -0.15) is 0 Å². The number of hydrogen-bond acceptors (Lipinski definition) is 2. The smallest absolute Gasteiger partial charge is 0.255 e. The van der Waals surface area contributed by atoms with Gasteiger partial charge in [0.15, 0.2) is 0 Å². The van der Waals surface area contributed by atoms with Gasteiger partial charge in [-0.15, -0.1) is 0 Å². The van der Waals surface area contributed by atoms with E-state index in [4.69, 9.17) is 0 Å². The lowest BCUT2D eigenvalue weighted by atomic mass is 9.87. The average Bonchev–Trinajstić information content (AvgIpc) is 2.41. The highest BCUT2D eigenvalue weighted by Crippen LogP contribution is 2.26. The summed E-state index contributed by atoms with van der Waals surface area (Å²) in [5.41, 5.74) is 2.92. The van der Waals surface area contributed by atoms with Gasteiger partial charge in [-0.3, -0.25) is 4.79 Å². The van der Waals surface area contributed by atoms with Crippen molar-refractivity contribution in [3.8, 4) is 0 Å². The largest absolute Gasteiger partial charge is 0.384 e. The van der Waals surface area contributed by atoms with Crippen molar-refractivity contribution in [2.45, 2.75) is 54.0 Å². The highest BCUT2D eigenvalue weighted by Gasteiger charge is 2.28. The molecule has 118 valence electrons. The molecule has 0 saturated carbocycles. The molecule has 0 radical (unpaired) electrons. The Morgan fingerprint density at radius 3 is 2.48 bits per heavy atom. The van der Waals surface area contributed by atoms with Gasteiger partial charge in [-0.25, -0.2) is 0 Å². The Bertz CT molecular complexity index is 488. The standard InChI is InChI=1S/C18H30N2O/c1-8-11-19-16-12-13(2)9-10-15(16)17(21)20(7)14(3)18(4,5)6/h9-10,12,14,19H,8,11H2,1-7H3. The maximum Gasteiger partial charge on any atom is 0.255 e. The number of rotatable bonds is 5. The number of benzene rings is 1. The van der Waals surface area contributed by atoms with Crippen LogP contribution in [0.3, 0.4) is 0 Å². The van der Waals surface area contributed by atoms with Crippen LogP contribution in [0.2, 0.25) is 0 Å². The quantitative estimate of drug-likeness (QED) is 0.875. The summed E-state index contributed by atoms with van der Waals surface area (Å²) in [4.78, 5) is 14.7. The minimum absolute atomic E-state index is 0.0616. The fourth-order valence-corrected chi connectivity index (χ4v) is 2.20. The molecule has 0 saturated heterocycles. The minimum atomic E-state index is 0.0616. The number of aryl methyl sites for hydroxylation is 1. The van der Waals surface area contributed by atoms with Crippen LogP contribution in [-0.4, -0.2) is 30.4 Å². The van der Waals surface area contributed by atoms with Crippen molar-refractivity contribution in [3.05, 3.63) is 29.3 Å². The number of anilines is 1. The molecule has 0 heterocycles. The Balaban J connectivity index is 3.06. The van der Waals surface area contributed by atoms with Crippen molar-refractivity contribution in [2.75, 3.05) is 18.9 Å². The molecule has 0 aliphatic heterocycles. The minimum Gasteiger partial charge on any atom is -0.384 e. The molecule has 1 amide bonds. The highest BCUT2D eigenvalue weighted by molar-refractivity contribution is 5.99. The molecule has 21 heavy (non-hydrogen) atoms. The van der Waals surface area contributed by atoms with Gasteiger partial charge in [0, 0.05) is 25.3 Å². The number of carbonyl (C=O) groups excluding carboxylic acids is 1. The third-order valence-electron chi connectivity index (χ3n) is 4.13. The number of nitrogens with zero attached hydrogens (tertiary/aromatic N) is 1. The monoisotopic (exact) mass is 290 g/mol. The zero-order valence-corrected chi connectivity index (χ0v) is 14.6. The predicted octanol–water partition coefficient (Wildman–Crippen LogP) is 4.32. The summed E-state index contributed by atoms with van der Waals surface area (Å²) >= 11 is 0. The van der Waals surface area contributed by atoms with Gasteiger partial charge in [-0.1, -0.05) is 33.8 Å². The van der Waals surface area contributed by atoms with Crippen LogP contribution in [0.4, 0.5) is 5.69 Å². The van der Waals surface area contributed by atoms with Crippen molar-refractivity contribution >= 4 is 11.6 Å². The molecule has 0 spiro atoms. The lowest BCUT2D eigenvalue weighted by Gasteiger charge is -2.35. The van der Waals surface area contributed by atoms with Crippen molar-refractivity contribution in [2.24, 2.45) is 5.41 Å². The lowest BCUT2D eigenvalue weighted by Crippen LogP contribution is -2.43. The van der Waals surface area contributed by atoms with Gasteiger partial charge in [-0.05, 0) is 43.4 Å². The van der Waals surface area contributed by atoms with Gasteiger partial charge in [0.05, 0.1) is 5.56 Å². The van der Waals surface area contributed by atoms with E-state index in [0.717, 1.165) is 29.8 Å². The third kappa shape index (κ3) is 4.48. The molecule has 1 unspecified atom stereocenters. The fraction of sp³-hybridized carbons (Fsp3) is 0.611. The fourth-order valence-electron chi connectivity index (χ4n) is 2.20. The van der Waals surface area contributed by atoms with E-state index in [1.165, 1.54) is 0 Å². The van der Waals surface area contributed by atoms with Gasteiger partial charge in [0.25, 0.3) is 5.91 Å². The Labute approximate surface area is 129 Å². The van der Waals surface area contributed by atoms with E-state index in [1.54, 1.807) is 0 Å². The molecule has 0 bridgehead atoms. The normalized spacial score (nSPS) is 12.9. The third-order valence-corrected chi connectivity index (χ3v) is 4.13. The molecule has 1 aromatic rings. The summed E-state index contributed by atoms with van der Waals surface area (Å²) in [7, 11) is 1.89. The summed E-state index contributed by atoms with van der Waals surface area (Å²) in [6, 6.07) is 6.16. The Morgan fingerprint density at radius 1 is 1.33 bits per heavy atom. The maximum atomic E-state index is 12.8. The number of amides is 1. The van der Waals surface area contributed by atoms with Crippen molar-refractivity contribution in [1.29, 1.82) is 0 Å². The summed E-state index contributed by atoms with van der Waals surface area (Å²) in [6.45, 7) is 13.6. The molecule has 3 nitrogen and oxygen atoms in total. The van der Waals surface area contributed by atoms with Crippen LogP contribution in [-0.2, 0) is 0 Å². The molecular weight excluding hydrogens is 260 g/mol. The van der Waals surface area contributed by atoms with E-state index in [0.29, 0.717) is 0 Å². The summed E-state index contributed by atoms with van der Waals surface area (Å²) in [5, 5.41) is 3.37. The summed E-state index contributed by atoms with van der Waals surface area (Å²) < 4.78 is 0.